The molecule has 1 heterocycles. The summed E-state index contributed by atoms with van der Waals surface area (Å²) >= 11 is 5.90. The summed E-state index contributed by atoms with van der Waals surface area (Å²) in [6, 6.07) is 7.82. The van der Waals surface area contributed by atoms with E-state index in [0.29, 0.717) is 13.0 Å². The quantitative estimate of drug-likeness (QED) is 0.847. The first-order chi connectivity index (χ1) is 10.7. The summed E-state index contributed by atoms with van der Waals surface area (Å²) in [5, 5.41) is 14.8. The number of hydrogen-bond acceptors (Lipinski definition) is 4. The van der Waals surface area contributed by atoms with Crippen molar-refractivity contribution in [2.24, 2.45) is 0 Å². The van der Waals surface area contributed by atoms with Gasteiger partial charge >= 0.3 is 0 Å². The number of hydrogen-bond donors (Lipinski definition) is 1. The first-order valence-electron chi connectivity index (χ1n) is 7.41. The molecule has 2 aromatic rings. The highest BCUT2D eigenvalue weighted by Gasteiger charge is 2.43. The Morgan fingerprint density at radius 2 is 2.09 bits per heavy atom. The van der Waals surface area contributed by atoms with Gasteiger partial charge in [-0.3, -0.25) is 4.79 Å². The first-order valence-corrected chi connectivity index (χ1v) is 7.79. The van der Waals surface area contributed by atoms with E-state index in [9.17, 15) is 4.79 Å². The third-order valence-corrected chi connectivity index (χ3v) is 4.15. The van der Waals surface area contributed by atoms with Crippen LogP contribution in [0.3, 0.4) is 0 Å². The Morgan fingerprint density at radius 1 is 1.32 bits per heavy atom. The zero-order valence-electron chi connectivity index (χ0n) is 12.2. The molecule has 0 saturated heterocycles. The third kappa shape index (κ3) is 4.04. The van der Waals surface area contributed by atoms with Crippen molar-refractivity contribution in [1.29, 1.82) is 0 Å². The molecule has 0 unspecified atom stereocenters. The number of halogens is 1. The average Bonchev–Trinajstić information content (AvgIpc) is 3.03. The average molecular weight is 320 g/mol. The number of nitrogens with one attached hydrogen (secondary N) is 1. The second kappa shape index (κ2) is 6.44. The molecule has 0 spiro atoms. The summed E-state index contributed by atoms with van der Waals surface area (Å²) in [6.45, 7) is 0.657. The van der Waals surface area contributed by atoms with Crippen molar-refractivity contribution >= 4 is 17.5 Å². The maximum Gasteiger partial charge on any atom is 0.220 e. The zero-order valence-corrected chi connectivity index (χ0v) is 13.0. The number of tetrazole rings is 1. The van der Waals surface area contributed by atoms with Crippen molar-refractivity contribution in [3.63, 3.8) is 0 Å². The van der Waals surface area contributed by atoms with Crippen LogP contribution >= 0.6 is 11.6 Å². The van der Waals surface area contributed by atoms with Crippen LogP contribution < -0.4 is 5.32 Å². The van der Waals surface area contributed by atoms with Gasteiger partial charge < -0.3 is 5.32 Å². The lowest BCUT2D eigenvalue weighted by Gasteiger charge is -2.17. The first kappa shape index (κ1) is 15.0. The van der Waals surface area contributed by atoms with Gasteiger partial charge in [0, 0.05) is 23.5 Å². The number of carbonyl (C=O) groups excluding carboxylic acids is 1. The molecule has 1 amide bonds. The van der Waals surface area contributed by atoms with Crippen molar-refractivity contribution in [1.82, 2.24) is 25.5 Å². The molecule has 3 rings (SSSR count). The molecule has 116 valence electrons. The fourth-order valence-electron chi connectivity index (χ4n) is 2.53. The van der Waals surface area contributed by atoms with E-state index >= 15 is 0 Å². The molecule has 1 aliphatic rings. The molecule has 1 aromatic carbocycles. The standard InChI is InChI=1S/C15H18ClN5O/c16-13-5-3-12(4-6-13)10-15(7-8-15)18-14(22)2-1-9-21-11-17-19-20-21/h3-6,11H,1-2,7-10H2,(H,18,22). The number of amides is 1. The van der Waals surface area contributed by atoms with E-state index in [4.69, 9.17) is 11.6 Å². The number of aryl methyl sites for hydroxylation is 1. The Hall–Kier alpha value is -1.95. The lowest BCUT2D eigenvalue weighted by molar-refractivity contribution is -0.122. The van der Waals surface area contributed by atoms with Crippen LogP contribution in [0, 0.1) is 0 Å². The van der Waals surface area contributed by atoms with Gasteiger partial charge in [0.2, 0.25) is 5.91 Å². The van der Waals surface area contributed by atoms with Crippen LogP contribution in [0.1, 0.15) is 31.2 Å². The number of benzene rings is 1. The van der Waals surface area contributed by atoms with Crippen LogP contribution in [-0.4, -0.2) is 31.7 Å². The molecule has 1 saturated carbocycles. The number of rotatable bonds is 7. The van der Waals surface area contributed by atoms with Gasteiger partial charge in [0.15, 0.2) is 0 Å². The fraction of sp³-hybridized carbons (Fsp3) is 0.467. The molecule has 0 atom stereocenters. The summed E-state index contributed by atoms with van der Waals surface area (Å²) in [5.41, 5.74) is 1.15. The lowest BCUT2D eigenvalue weighted by Crippen LogP contribution is -2.38. The highest BCUT2D eigenvalue weighted by atomic mass is 35.5. The Morgan fingerprint density at radius 3 is 2.73 bits per heavy atom. The van der Waals surface area contributed by atoms with E-state index in [0.717, 1.165) is 30.7 Å². The molecular weight excluding hydrogens is 302 g/mol. The summed E-state index contributed by atoms with van der Waals surface area (Å²) in [4.78, 5) is 12.1. The van der Waals surface area contributed by atoms with Gasteiger partial charge in [-0.15, -0.1) is 5.10 Å². The highest BCUT2D eigenvalue weighted by molar-refractivity contribution is 6.30. The smallest absolute Gasteiger partial charge is 0.220 e. The van der Waals surface area contributed by atoms with Crippen molar-refractivity contribution < 1.29 is 4.79 Å². The van der Waals surface area contributed by atoms with Gasteiger partial charge in [0.25, 0.3) is 0 Å². The van der Waals surface area contributed by atoms with Crippen LogP contribution in [0.2, 0.25) is 5.02 Å². The Kier molecular flexibility index (Phi) is 4.38. The van der Waals surface area contributed by atoms with Gasteiger partial charge in [0.1, 0.15) is 6.33 Å². The number of carbonyl (C=O) groups is 1. The third-order valence-electron chi connectivity index (χ3n) is 3.90. The van der Waals surface area contributed by atoms with E-state index in [-0.39, 0.29) is 11.4 Å². The van der Waals surface area contributed by atoms with Crippen LogP contribution in [-0.2, 0) is 17.8 Å². The summed E-state index contributed by atoms with van der Waals surface area (Å²) in [6.07, 6.45) is 5.71. The lowest BCUT2D eigenvalue weighted by atomic mass is 10.0. The molecule has 7 heteroatoms. The molecule has 1 N–H and O–H groups in total. The molecule has 6 nitrogen and oxygen atoms in total. The maximum atomic E-state index is 12.1. The largest absolute Gasteiger partial charge is 0.350 e. The van der Waals surface area contributed by atoms with Gasteiger partial charge in [-0.25, -0.2) is 4.68 Å². The molecular formula is C15H18ClN5O. The Bertz CT molecular complexity index is 622. The molecule has 1 aromatic heterocycles. The van der Waals surface area contributed by atoms with Crippen LogP contribution in [0.4, 0.5) is 0 Å². The molecule has 1 fully saturated rings. The minimum Gasteiger partial charge on any atom is -0.350 e. The predicted molar refractivity (Wildman–Crippen MR) is 82.3 cm³/mol. The van der Waals surface area contributed by atoms with Crippen molar-refractivity contribution in [2.75, 3.05) is 0 Å². The number of aromatic nitrogens is 4. The summed E-state index contributed by atoms with van der Waals surface area (Å²) in [5.74, 6) is 0.0968. The fourth-order valence-corrected chi connectivity index (χ4v) is 2.66. The molecule has 0 bridgehead atoms. The van der Waals surface area contributed by atoms with E-state index in [1.165, 1.54) is 5.56 Å². The zero-order chi connectivity index (χ0) is 15.4. The van der Waals surface area contributed by atoms with Gasteiger partial charge in [-0.2, -0.15) is 0 Å². The van der Waals surface area contributed by atoms with Crippen molar-refractivity contribution in [2.45, 2.75) is 44.2 Å². The second-order valence-electron chi connectivity index (χ2n) is 5.81. The van der Waals surface area contributed by atoms with E-state index in [2.05, 4.69) is 20.8 Å². The Labute approximate surface area is 133 Å². The van der Waals surface area contributed by atoms with Gasteiger partial charge in [-0.1, -0.05) is 23.7 Å². The highest BCUT2D eigenvalue weighted by Crippen LogP contribution is 2.38. The van der Waals surface area contributed by atoms with Crippen molar-refractivity contribution in [3.8, 4) is 0 Å². The van der Waals surface area contributed by atoms with Gasteiger partial charge in [0.05, 0.1) is 0 Å². The van der Waals surface area contributed by atoms with E-state index in [1.807, 2.05) is 24.3 Å². The molecule has 1 aliphatic carbocycles. The minimum absolute atomic E-state index is 0.0558. The van der Waals surface area contributed by atoms with E-state index < -0.39 is 0 Å². The van der Waals surface area contributed by atoms with Crippen LogP contribution in [0.15, 0.2) is 30.6 Å². The Balaban J connectivity index is 1.45. The van der Waals surface area contributed by atoms with Crippen LogP contribution in [0.25, 0.3) is 0 Å². The molecule has 0 aliphatic heterocycles. The number of nitrogens with zero attached hydrogens (tertiary/aromatic N) is 4. The van der Waals surface area contributed by atoms with E-state index in [1.54, 1.807) is 11.0 Å². The predicted octanol–water partition coefficient (Wildman–Crippen LogP) is 2.00. The molecule has 0 radical (unpaired) electrons. The second-order valence-corrected chi connectivity index (χ2v) is 6.24. The van der Waals surface area contributed by atoms with Gasteiger partial charge in [-0.05, 0) is 53.8 Å². The normalized spacial score (nSPS) is 15.5. The van der Waals surface area contributed by atoms with Crippen molar-refractivity contribution in [3.05, 3.63) is 41.2 Å². The SMILES string of the molecule is O=C(CCCn1cnnn1)NC1(Cc2ccc(Cl)cc2)CC1. The monoisotopic (exact) mass is 319 g/mol. The summed E-state index contributed by atoms with van der Waals surface area (Å²) < 4.78 is 1.63. The maximum absolute atomic E-state index is 12.1. The minimum atomic E-state index is -0.0558. The summed E-state index contributed by atoms with van der Waals surface area (Å²) in [7, 11) is 0. The van der Waals surface area contributed by atoms with Crippen LogP contribution in [0.5, 0.6) is 0 Å². The molecule has 22 heavy (non-hydrogen) atoms. The topological polar surface area (TPSA) is 72.7 Å².